The van der Waals surface area contributed by atoms with Gasteiger partial charge in [-0.05, 0) is 30.5 Å². The number of aryl methyl sites for hydroxylation is 2. The zero-order chi connectivity index (χ0) is 21.3. The Bertz CT molecular complexity index is 1410. The molecule has 6 nitrogen and oxygen atoms in total. The summed E-state index contributed by atoms with van der Waals surface area (Å²) in [5.41, 5.74) is 4.70. The molecular weight excluding hydrogens is 378 g/mol. The maximum absolute atomic E-state index is 13.5. The van der Waals surface area contributed by atoms with Crippen LogP contribution in [-0.2, 0) is 14.1 Å². The molecule has 0 spiro atoms. The fourth-order valence-corrected chi connectivity index (χ4v) is 4.68. The molecule has 1 aromatic heterocycles. The highest BCUT2D eigenvalue weighted by molar-refractivity contribution is 6.30. The predicted octanol–water partition coefficient (Wildman–Crippen LogP) is 2.78. The fraction of sp³-hybridized carbons (Fsp3) is 0.250. The molecular formula is C24H21N3O3. The predicted molar refractivity (Wildman–Crippen MR) is 115 cm³/mol. The molecule has 0 fully saturated rings. The number of carbonyl (C=O) groups excluding carboxylic acids is 1. The summed E-state index contributed by atoms with van der Waals surface area (Å²) in [6, 6.07) is 13.4. The van der Waals surface area contributed by atoms with Gasteiger partial charge >= 0.3 is 5.69 Å². The Hall–Kier alpha value is -3.54. The number of Topliss-reactive ketones (excluding diaryl/α,β-unsaturated/α-hetero) is 1. The second kappa shape index (κ2) is 6.23. The third-order valence-corrected chi connectivity index (χ3v) is 6.47. The van der Waals surface area contributed by atoms with Gasteiger partial charge in [-0.3, -0.25) is 18.7 Å². The topological polar surface area (TPSA) is 73.4 Å². The van der Waals surface area contributed by atoms with Crippen molar-refractivity contribution in [2.75, 3.05) is 0 Å². The lowest BCUT2D eigenvalue weighted by Gasteiger charge is -2.30. The third-order valence-electron chi connectivity index (χ3n) is 6.47. The number of nitrogens with zero attached hydrogens (tertiary/aromatic N) is 3. The van der Waals surface area contributed by atoms with E-state index in [2.05, 4.69) is 0 Å². The first-order valence-electron chi connectivity index (χ1n) is 9.90. The number of aliphatic imine (C=N–C) groups is 1. The summed E-state index contributed by atoms with van der Waals surface area (Å²) >= 11 is 0. The van der Waals surface area contributed by atoms with Crippen LogP contribution >= 0.6 is 0 Å². The van der Waals surface area contributed by atoms with Gasteiger partial charge in [0, 0.05) is 31.1 Å². The summed E-state index contributed by atoms with van der Waals surface area (Å²) in [5, 5.41) is 0. The quantitative estimate of drug-likeness (QED) is 0.632. The first-order valence-corrected chi connectivity index (χ1v) is 9.90. The van der Waals surface area contributed by atoms with E-state index in [-0.39, 0.29) is 5.78 Å². The summed E-state index contributed by atoms with van der Waals surface area (Å²) in [5.74, 6) is -0.782. The van der Waals surface area contributed by atoms with Gasteiger partial charge in [0.2, 0.25) is 0 Å². The number of ketones is 1. The minimum atomic E-state index is -0.581. The van der Waals surface area contributed by atoms with Crippen LogP contribution in [0.2, 0.25) is 0 Å². The van der Waals surface area contributed by atoms with E-state index in [1.165, 1.54) is 11.6 Å². The van der Waals surface area contributed by atoms with Crippen LogP contribution in [0.3, 0.4) is 0 Å². The van der Waals surface area contributed by atoms with Crippen molar-refractivity contribution in [1.29, 1.82) is 0 Å². The third kappa shape index (κ3) is 2.30. The molecule has 1 aliphatic carbocycles. The Kier molecular flexibility index (Phi) is 3.84. The number of hydrogen-bond acceptors (Lipinski definition) is 4. The number of carbonyl (C=O) groups is 1. The zero-order valence-electron chi connectivity index (χ0n) is 17.3. The summed E-state index contributed by atoms with van der Waals surface area (Å²) in [6.45, 7) is 4.04. The summed E-state index contributed by atoms with van der Waals surface area (Å²) < 4.78 is 2.50. The zero-order valence-corrected chi connectivity index (χ0v) is 17.3. The van der Waals surface area contributed by atoms with Gasteiger partial charge in [0.25, 0.3) is 5.56 Å². The lowest BCUT2D eigenvalue weighted by Crippen LogP contribution is -2.43. The first kappa shape index (κ1) is 18.5. The molecule has 0 saturated carbocycles. The maximum Gasteiger partial charge on any atom is 0.332 e. The van der Waals surface area contributed by atoms with Gasteiger partial charge in [-0.15, -0.1) is 0 Å². The molecule has 0 unspecified atom stereocenters. The largest absolute Gasteiger partial charge is 0.332 e. The highest BCUT2D eigenvalue weighted by Crippen LogP contribution is 2.46. The van der Waals surface area contributed by atoms with Crippen LogP contribution in [-0.4, -0.2) is 20.6 Å². The molecule has 2 heterocycles. The monoisotopic (exact) mass is 399 g/mol. The second-order valence-corrected chi connectivity index (χ2v) is 8.15. The van der Waals surface area contributed by atoms with E-state index in [0.29, 0.717) is 22.7 Å². The van der Waals surface area contributed by atoms with Gasteiger partial charge in [0.1, 0.15) is 5.82 Å². The Morgan fingerprint density at radius 1 is 0.833 bits per heavy atom. The Labute approximate surface area is 173 Å². The lowest BCUT2D eigenvalue weighted by atomic mass is 9.76. The highest BCUT2D eigenvalue weighted by Gasteiger charge is 2.47. The van der Waals surface area contributed by atoms with Crippen molar-refractivity contribution in [2.24, 2.45) is 25.0 Å². The fourth-order valence-electron chi connectivity index (χ4n) is 4.68. The lowest BCUT2D eigenvalue weighted by molar-refractivity contribution is 0.0953. The average molecular weight is 399 g/mol. The van der Waals surface area contributed by atoms with E-state index >= 15 is 0 Å². The number of hydrogen-bond donors (Lipinski definition) is 0. The number of fused-ring (bicyclic) bond motifs is 4. The van der Waals surface area contributed by atoms with E-state index in [1.807, 2.05) is 50.2 Å². The Morgan fingerprint density at radius 2 is 1.53 bits per heavy atom. The van der Waals surface area contributed by atoms with Gasteiger partial charge in [-0.1, -0.05) is 42.5 Å². The van der Waals surface area contributed by atoms with Crippen LogP contribution in [0.15, 0.2) is 57.0 Å². The van der Waals surface area contributed by atoms with Crippen molar-refractivity contribution in [2.45, 2.75) is 19.8 Å². The van der Waals surface area contributed by atoms with Crippen molar-refractivity contribution < 1.29 is 4.79 Å². The van der Waals surface area contributed by atoms with E-state index in [1.54, 1.807) is 13.1 Å². The average Bonchev–Trinajstić information content (AvgIpc) is 3.03. The van der Waals surface area contributed by atoms with Crippen LogP contribution in [0.25, 0.3) is 0 Å². The Balaban J connectivity index is 1.91. The molecule has 150 valence electrons. The van der Waals surface area contributed by atoms with Gasteiger partial charge in [-0.2, -0.15) is 0 Å². The molecule has 0 amide bonds. The smallest absolute Gasteiger partial charge is 0.293 e. The summed E-state index contributed by atoms with van der Waals surface area (Å²) in [4.78, 5) is 44.0. The van der Waals surface area contributed by atoms with E-state index in [4.69, 9.17) is 4.99 Å². The number of rotatable bonds is 1. The molecule has 3 aromatic rings. The number of aromatic nitrogens is 2. The number of benzene rings is 2. The molecule has 0 radical (unpaired) electrons. The van der Waals surface area contributed by atoms with Gasteiger partial charge in [0.15, 0.2) is 5.78 Å². The molecule has 0 saturated heterocycles. The van der Waals surface area contributed by atoms with Crippen LogP contribution in [0.4, 0.5) is 5.82 Å². The standard InChI is InChI=1S/C24H21N3O3/c1-12-9-10-14(11-13(12)2)17-18-20(15-7-5-6-8-16(15)21(18)28)25-22-19(17)23(29)27(4)24(30)26(22)3/h5-11,17-18H,1-4H3/t17-,18+/m1/s1. The molecule has 6 heteroatoms. The normalized spacial score (nSPS) is 19.2. The van der Waals surface area contributed by atoms with Gasteiger partial charge in [0.05, 0.1) is 17.2 Å². The van der Waals surface area contributed by atoms with Crippen molar-refractivity contribution in [3.63, 3.8) is 0 Å². The molecule has 2 aliphatic rings. The summed E-state index contributed by atoms with van der Waals surface area (Å²) in [6.07, 6.45) is 0. The molecule has 2 atom stereocenters. The molecule has 0 bridgehead atoms. The van der Waals surface area contributed by atoms with Crippen LogP contribution in [0.1, 0.15) is 44.1 Å². The van der Waals surface area contributed by atoms with Crippen molar-refractivity contribution in [3.8, 4) is 0 Å². The van der Waals surface area contributed by atoms with E-state index in [9.17, 15) is 14.4 Å². The van der Waals surface area contributed by atoms with Crippen molar-refractivity contribution in [1.82, 2.24) is 9.13 Å². The second-order valence-electron chi connectivity index (χ2n) is 8.15. The minimum Gasteiger partial charge on any atom is -0.293 e. The van der Waals surface area contributed by atoms with Crippen molar-refractivity contribution >= 4 is 17.3 Å². The maximum atomic E-state index is 13.5. The first-order chi connectivity index (χ1) is 14.3. The van der Waals surface area contributed by atoms with Crippen LogP contribution in [0, 0.1) is 19.8 Å². The van der Waals surface area contributed by atoms with Crippen LogP contribution in [0.5, 0.6) is 0 Å². The van der Waals surface area contributed by atoms with Crippen LogP contribution < -0.4 is 11.2 Å². The van der Waals surface area contributed by atoms with Crippen molar-refractivity contribution in [3.05, 3.63) is 96.7 Å². The van der Waals surface area contributed by atoms with E-state index < -0.39 is 23.1 Å². The molecule has 2 aromatic carbocycles. The van der Waals surface area contributed by atoms with Gasteiger partial charge in [-0.25, -0.2) is 9.79 Å². The van der Waals surface area contributed by atoms with Gasteiger partial charge < -0.3 is 0 Å². The SMILES string of the molecule is Cc1ccc([C@H]2c3c(n(C)c(=O)n(C)c3=O)N=C3c4ccccc4C(=O)[C@H]32)cc1C. The highest BCUT2D eigenvalue weighted by atomic mass is 16.2. The Morgan fingerprint density at radius 3 is 2.23 bits per heavy atom. The molecule has 5 rings (SSSR count). The molecule has 0 N–H and O–H groups in total. The molecule has 30 heavy (non-hydrogen) atoms. The molecule has 1 aliphatic heterocycles. The van der Waals surface area contributed by atoms with E-state index in [0.717, 1.165) is 26.8 Å². The minimum absolute atomic E-state index is 0.0332. The summed E-state index contributed by atoms with van der Waals surface area (Å²) in [7, 11) is 3.08.